The molecule has 1 aliphatic heterocycles. The third kappa shape index (κ3) is 1.02. The monoisotopic (exact) mass is 161 g/mol. The van der Waals surface area contributed by atoms with Gasteiger partial charge in [-0.25, -0.2) is 0 Å². The fourth-order valence-electron chi connectivity index (χ4n) is 1.33. The SMILES string of the molecule is N#CC1=CSC2C=CC=CC12. The highest BCUT2D eigenvalue weighted by molar-refractivity contribution is 8.03. The molecule has 1 nitrogen and oxygen atoms in total. The van der Waals surface area contributed by atoms with Gasteiger partial charge in [0, 0.05) is 16.7 Å². The summed E-state index contributed by atoms with van der Waals surface area (Å²) in [5, 5.41) is 11.2. The first-order chi connectivity index (χ1) is 5.42. The molecule has 2 heteroatoms. The smallest absolute Gasteiger partial charge is 0.0959 e. The van der Waals surface area contributed by atoms with Crippen molar-refractivity contribution >= 4 is 11.8 Å². The van der Waals surface area contributed by atoms with Crippen LogP contribution in [0.3, 0.4) is 0 Å². The largest absolute Gasteiger partial charge is 0.193 e. The lowest BCUT2D eigenvalue weighted by atomic mass is 9.94. The van der Waals surface area contributed by atoms with Crippen LogP contribution in [0.25, 0.3) is 0 Å². The normalized spacial score (nSPS) is 32.8. The topological polar surface area (TPSA) is 23.8 Å². The van der Waals surface area contributed by atoms with Gasteiger partial charge in [0.25, 0.3) is 0 Å². The third-order valence-corrected chi connectivity index (χ3v) is 3.08. The van der Waals surface area contributed by atoms with Gasteiger partial charge < -0.3 is 0 Å². The van der Waals surface area contributed by atoms with Gasteiger partial charge in [0.05, 0.1) is 6.07 Å². The van der Waals surface area contributed by atoms with Gasteiger partial charge in [-0.05, 0) is 5.41 Å². The molecule has 0 aromatic carbocycles. The molecule has 0 aromatic heterocycles. The van der Waals surface area contributed by atoms with E-state index in [4.69, 9.17) is 5.26 Å². The fourth-order valence-corrected chi connectivity index (χ4v) is 2.43. The molecule has 11 heavy (non-hydrogen) atoms. The zero-order chi connectivity index (χ0) is 7.68. The quantitative estimate of drug-likeness (QED) is 0.544. The predicted molar refractivity (Wildman–Crippen MR) is 46.8 cm³/mol. The molecule has 0 spiro atoms. The maximum Gasteiger partial charge on any atom is 0.0959 e. The molecular weight excluding hydrogens is 154 g/mol. The lowest BCUT2D eigenvalue weighted by Crippen LogP contribution is -2.11. The summed E-state index contributed by atoms with van der Waals surface area (Å²) < 4.78 is 0. The number of fused-ring (bicyclic) bond motifs is 1. The third-order valence-electron chi connectivity index (χ3n) is 1.92. The fraction of sp³-hybridized carbons (Fsp3) is 0.222. The second kappa shape index (κ2) is 2.60. The van der Waals surface area contributed by atoms with E-state index < -0.39 is 0 Å². The summed E-state index contributed by atoms with van der Waals surface area (Å²) in [6.07, 6.45) is 8.30. The standard InChI is InChI=1S/C9H7NS/c10-5-7-6-11-9-4-2-1-3-8(7)9/h1-4,6,8-9H. The molecule has 2 atom stereocenters. The minimum atomic E-state index is 0.343. The molecule has 1 heterocycles. The molecule has 0 bridgehead atoms. The molecule has 0 fully saturated rings. The van der Waals surface area contributed by atoms with E-state index in [2.05, 4.69) is 18.2 Å². The molecule has 0 saturated carbocycles. The molecule has 0 aromatic rings. The molecule has 0 radical (unpaired) electrons. The number of hydrogen-bond donors (Lipinski definition) is 0. The van der Waals surface area contributed by atoms with Crippen molar-refractivity contribution in [1.82, 2.24) is 0 Å². The summed E-state index contributed by atoms with van der Waals surface area (Å²) in [5.41, 5.74) is 0.903. The first kappa shape index (κ1) is 6.75. The maximum atomic E-state index is 8.72. The van der Waals surface area contributed by atoms with E-state index in [1.807, 2.05) is 17.6 Å². The summed E-state index contributed by atoms with van der Waals surface area (Å²) >= 11 is 1.74. The Morgan fingerprint density at radius 1 is 1.36 bits per heavy atom. The van der Waals surface area contributed by atoms with Crippen LogP contribution >= 0.6 is 11.8 Å². The van der Waals surface area contributed by atoms with Gasteiger partial charge >= 0.3 is 0 Å². The Morgan fingerprint density at radius 3 is 3.00 bits per heavy atom. The van der Waals surface area contributed by atoms with Crippen LogP contribution in [-0.4, -0.2) is 5.25 Å². The van der Waals surface area contributed by atoms with Crippen LogP contribution in [0, 0.1) is 17.2 Å². The van der Waals surface area contributed by atoms with Crippen molar-refractivity contribution < 1.29 is 0 Å². The molecule has 2 unspecified atom stereocenters. The lowest BCUT2D eigenvalue weighted by Gasteiger charge is -2.14. The van der Waals surface area contributed by atoms with E-state index in [-0.39, 0.29) is 0 Å². The Hall–Kier alpha value is -0.940. The van der Waals surface area contributed by atoms with E-state index in [0.717, 1.165) is 5.57 Å². The lowest BCUT2D eigenvalue weighted by molar-refractivity contribution is 0.824. The molecule has 2 aliphatic rings. The number of nitriles is 1. The molecule has 54 valence electrons. The van der Waals surface area contributed by atoms with E-state index in [0.29, 0.717) is 11.2 Å². The molecular formula is C9H7NS. The number of nitrogens with zero attached hydrogens (tertiary/aromatic N) is 1. The summed E-state index contributed by atoms with van der Waals surface area (Å²) in [6.45, 7) is 0. The van der Waals surface area contributed by atoms with Crippen molar-refractivity contribution in [3.63, 3.8) is 0 Å². The highest BCUT2D eigenvalue weighted by atomic mass is 32.2. The molecule has 0 saturated heterocycles. The van der Waals surface area contributed by atoms with Gasteiger partial charge in [0.2, 0.25) is 0 Å². The molecule has 0 amide bonds. The average Bonchev–Trinajstić information content (AvgIpc) is 2.47. The van der Waals surface area contributed by atoms with Crippen LogP contribution in [0.1, 0.15) is 0 Å². The van der Waals surface area contributed by atoms with Crippen LogP contribution in [-0.2, 0) is 0 Å². The van der Waals surface area contributed by atoms with Crippen LogP contribution < -0.4 is 0 Å². The minimum Gasteiger partial charge on any atom is -0.193 e. The maximum absolute atomic E-state index is 8.72. The van der Waals surface area contributed by atoms with E-state index in [1.165, 1.54) is 0 Å². The van der Waals surface area contributed by atoms with Crippen LogP contribution in [0.2, 0.25) is 0 Å². The van der Waals surface area contributed by atoms with Crippen molar-refractivity contribution in [2.75, 3.05) is 0 Å². The van der Waals surface area contributed by atoms with E-state index in [1.54, 1.807) is 11.8 Å². The van der Waals surface area contributed by atoms with Crippen LogP contribution in [0.4, 0.5) is 0 Å². The second-order valence-corrected chi connectivity index (χ2v) is 3.63. The minimum absolute atomic E-state index is 0.343. The van der Waals surface area contributed by atoms with Gasteiger partial charge in [0.1, 0.15) is 0 Å². The molecule has 2 rings (SSSR count). The van der Waals surface area contributed by atoms with Gasteiger partial charge in [0.15, 0.2) is 0 Å². The van der Waals surface area contributed by atoms with Crippen LogP contribution in [0.15, 0.2) is 35.3 Å². The Labute approximate surface area is 70.1 Å². The van der Waals surface area contributed by atoms with Gasteiger partial charge in [-0.3, -0.25) is 0 Å². The summed E-state index contributed by atoms with van der Waals surface area (Å²) in [5.74, 6) is 0.343. The number of hydrogen-bond acceptors (Lipinski definition) is 2. The Morgan fingerprint density at radius 2 is 2.18 bits per heavy atom. The highest BCUT2D eigenvalue weighted by Crippen LogP contribution is 2.38. The highest BCUT2D eigenvalue weighted by Gasteiger charge is 2.27. The van der Waals surface area contributed by atoms with Crippen molar-refractivity contribution in [2.45, 2.75) is 5.25 Å². The Bertz CT molecular complexity index is 293. The Kier molecular flexibility index (Phi) is 1.59. The first-order valence-corrected chi connectivity index (χ1v) is 4.47. The van der Waals surface area contributed by atoms with Crippen molar-refractivity contribution in [2.24, 2.45) is 5.92 Å². The van der Waals surface area contributed by atoms with Crippen molar-refractivity contribution in [3.05, 3.63) is 35.3 Å². The second-order valence-electron chi connectivity index (χ2n) is 2.58. The molecule has 1 aliphatic carbocycles. The summed E-state index contributed by atoms with van der Waals surface area (Å²) in [4.78, 5) is 0. The van der Waals surface area contributed by atoms with Gasteiger partial charge in [-0.15, -0.1) is 11.8 Å². The van der Waals surface area contributed by atoms with Crippen molar-refractivity contribution in [1.29, 1.82) is 5.26 Å². The summed E-state index contributed by atoms with van der Waals surface area (Å²) in [7, 11) is 0. The zero-order valence-electron chi connectivity index (χ0n) is 5.90. The van der Waals surface area contributed by atoms with E-state index >= 15 is 0 Å². The number of allylic oxidation sites excluding steroid dienone is 4. The molecule has 0 N–H and O–H groups in total. The van der Waals surface area contributed by atoms with Gasteiger partial charge in [-0.1, -0.05) is 24.3 Å². The first-order valence-electron chi connectivity index (χ1n) is 3.52. The summed E-state index contributed by atoms with van der Waals surface area (Å²) in [6, 6.07) is 2.22. The van der Waals surface area contributed by atoms with E-state index in [9.17, 15) is 0 Å². The Balaban J connectivity index is 2.29. The van der Waals surface area contributed by atoms with Gasteiger partial charge in [-0.2, -0.15) is 5.26 Å². The van der Waals surface area contributed by atoms with Crippen LogP contribution in [0.5, 0.6) is 0 Å². The number of thioether (sulfide) groups is 1. The predicted octanol–water partition coefficient (Wildman–Crippen LogP) is 2.25. The number of rotatable bonds is 0. The zero-order valence-corrected chi connectivity index (χ0v) is 6.71. The average molecular weight is 161 g/mol. The van der Waals surface area contributed by atoms with Crippen molar-refractivity contribution in [3.8, 4) is 6.07 Å².